The first-order chi connectivity index (χ1) is 15.9. The maximum Gasteiger partial charge on any atom is 0.261 e. The van der Waals surface area contributed by atoms with Crippen molar-refractivity contribution < 1.29 is 22.7 Å². The van der Waals surface area contributed by atoms with Gasteiger partial charge in [-0.2, -0.15) is 0 Å². The number of nitrogens with one attached hydrogen (secondary N) is 2. The molecule has 33 heavy (non-hydrogen) atoms. The number of anilines is 1. The number of hydrogen-bond donors (Lipinski definition) is 2. The quantitative estimate of drug-likeness (QED) is 0.504. The fraction of sp³-hybridized carbons (Fsp3) is 0.391. The summed E-state index contributed by atoms with van der Waals surface area (Å²) in [7, 11) is -2.05. The number of benzene rings is 2. The molecule has 9 nitrogen and oxygen atoms in total. The molecule has 0 spiro atoms. The van der Waals surface area contributed by atoms with E-state index in [-0.39, 0.29) is 16.7 Å². The monoisotopic (exact) mass is 474 g/mol. The number of sulfonamides is 1. The van der Waals surface area contributed by atoms with Crippen LogP contribution in [0.5, 0.6) is 0 Å². The van der Waals surface area contributed by atoms with Crippen LogP contribution in [0, 0.1) is 0 Å². The molecule has 0 radical (unpaired) electrons. The Balaban J connectivity index is 1.47. The minimum atomic E-state index is -3.68. The number of rotatable bonds is 10. The summed E-state index contributed by atoms with van der Waals surface area (Å²) >= 11 is 0. The van der Waals surface area contributed by atoms with E-state index in [1.165, 1.54) is 12.1 Å². The summed E-state index contributed by atoms with van der Waals surface area (Å²) in [6.07, 6.45) is 0.775. The predicted octanol–water partition coefficient (Wildman–Crippen LogP) is 1.40. The van der Waals surface area contributed by atoms with Crippen LogP contribution in [0.3, 0.4) is 0 Å². The molecule has 1 aliphatic rings. The van der Waals surface area contributed by atoms with Crippen molar-refractivity contribution in [3.8, 4) is 0 Å². The van der Waals surface area contributed by atoms with Crippen molar-refractivity contribution in [1.29, 1.82) is 0 Å². The maximum atomic E-state index is 12.8. The molecule has 1 aliphatic heterocycles. The third kappa shape index (κ3) is 7.28. The van der Waals surface area contributed by atoms with Crippen molar-refractivity contribution in [1.82, 2.24) is 15.1 Å². The lowest BCUT2D eigenvalue weighted by atomic mass is 10.1. The molecule has 0 saturated carbocycles. The third-order valence-corrected chi connectivity index (χ3v) is 6.71. The van der Waals surface area contributed by atoms with Crippen LogP contribution in [0.25, 0.3) is 0 Å². The van der Waals surface area contributed by atoms with Crippen LogP contribution in [-0.2, 0) is 19.6 Å². The highest BCUT2D eigenvalue weighted by Crippen LogP contribution is 2.17. The van der Waals surface area contributed by atoms with Gasteiger partial charge in [0.05, 0.1) is 11.4 Å². The Morgan fingerprint density at radius 2 is 1.64 bits per heavy atom. The average Bonchev–Trinajstić information content (AvgIpc) is 2.83. The first-order valence-electron chi connectivity index (χ1n) is 10.8. The topological polar surface area (TPSA) is 108 Å². The van der Waals surface area contributed by atoms with Crippen LogP contribution in [0.4, 0.5) is 5.69 Å². The highest BCUT2D eigenvalue weighted by molar-refractivity contribution is 7.92. The Morgan fingerprint density at radius 3 is 2.27 bits per heavy atom. The number of methoxy groups -OCH3 is 1. The van der Waals surface area contributed by atoms with Gasteiger partial charge < -0.3 is 15.0 Å². The van der Waals surface area contributed by atoms with Crippen molar-refractivity contribution >= 4 is 27.5 Å². The zero-order valence-corrected chi connectivity index (χ0v) is 19.5. The van der Waals surface area contributed by atoms with E-state index < -0.39 is 10.0 Å². The van der Waals surface area contributed by atoms with E-state index in [0.29, 0.717) is 57.1 Å². The van der Waals surface area contributed by atoms with E-state index >= 15 is 0 Å². The van der Waals surface area contributed by atoms with Crippen molar-refractivity contribution in [2.45, 2.75) is 11.3 Å². The van der Waals surface area contributed by atoms with Gasteiger partial charge in [-0.15, -0.1) is 0 Å². The maximum absolute atomic E-state index is 12.8. The van der Waals surface area contributed by atoms with E-state index in [0.717, 1.165) is 6.42 Å². The van der Waals surface area contributed by atoms with Gasteiger partial charge in [0.25, 0.3) is 15.9 Å². The van der Waals surface area contributed by atoms with Crippen molar-refractivity contribution in [2.75, 3.05) is 57.7 Å². The lowest BCUT2D eigenvalue weighted by Crippen LogP contribution is -2.51. The fourth-order valence-electron chi connectivity index (χ4n) is 3.49. The summed E-state index contributed by atoms with van der Waals surface area (Å²) < 4.78 is 32.4. The highest BCUT2D eigenvalue weighted by Gasteiger charge is 2.23. The van der Waals surface area contributed by atoms with E-state index in [1.54, 1.807) is 54.5 Å². The molecule has 2 N–H and O–H groups in total. The predicted molar refractivity (Wildman–Crippen MR) is 126 cm³/mol. The van der Waals surface area contributed by atoms with Gasteiger partial charge in [0.15, 0.2) is 0 Å². The van der Waals surface area contributed by atoms with Crippen LogP contribution in [-0.4, -0.2) is 83.0 Å². The molecule has 1 fully saturated rings. The van der Waals surface area contributed by atoms with E-state index in [9.17, 15) is 18.0 Å². The number of piperazine rings is 1. The lowest BCUT2D eigenvalue weighted by molar-refractivity contribution is -0.122. The summed E-state index contributed by atoms with van der Waals surface area (Å²) in [5.41, 5.74) is 0.874. The van der Waals surface area contributed by atoms with E-state index in [2.05, 4.69) is 10.0 Å². The number of ether oxygens (including phenoxy) is 1. The SMILES string of the molecule is COCCCNC(=O)CN1CCN(C(=O)c2ccc(NS(=O)(=O)c3ccccc3)cc2)CC1. The van der Waals surface area contributed by atoms with Gasteiger partial charge in [-0.25, -0.2) is 8.42 Å². The van der Waals surface area contributed by atoms with Crippen LogP contribution in [0.2, 0.25) is 0 Å². The second-order valence-corrected chi connectivity index (χ2v) is 9.44. The van der Waals surface area contributed by atoms with Crippen molar-refractivity contribution in [3.63, 3.8) is 0 Å². The Kier molecular flexibility index (Phi) is 8.81. The van der Waals surface area contributed by atoms with Crippen molar-refractivity contribution in [2.24, 2.45) is 0 Å². The Hall–Kier alpha value is -2.95. The molecule has 2 amide bonds. The zero-order valence-electron chi connectivity index (χ0n) is 18.7. The van der Waals surface area contributed by atoms with Crippen LogP contribution in [0.15, 0.2) is 59.5 Å². The van der Waals surface area contributed by atoms with Crippen LogP contribution < -0.4 is 10.0 Å². The minimum absolute atomic E-state index is 0.0283. The van der Waals surface area contributed by atoms with Gasteiger partial charge in [0, 0.05) is 57.7 Å². The molecule has 178 valence electrons. The largest absolute Gasteiger partial charge is 0.385 e. The van der Waals surface area contributed by atoms with Crippen LogP contribution in [0.1, 0.15) is 16.8 Å². The summed E-state index contributed by atoms with van der Waals surface area (Å²) in [5.74, 6) is -0.143. The van der Waals surface area contributed by atoms with Gasteiger partial charge in [-0.1, -0.05) is 18.2 Å². The second-order valence-electron chi connectivity index (χ2n) is 7.76. The van der Waals surface area contributed by atoms with Crippen LogP contribution >= 0.6 is 0 Å². The molecular formula is C23H30N4O5S. The first kappa shape index (κ1) is 24.7. The Labute approximate surface area is 194 Å². The zero-order chi connectivity index (χ0) is 23.7. The molecule has 10 heteroatoms. The second kappa shape index (κ2) is 11.8. The van der Waals surface area contributed by atoms with Gasteiger partial charge >= 0.3 is 0 Å². The molecule has 3 rings (SSSR count). The summed E-state index contributed by atoms with van der Waals surface area (Å²) in [6.45, 7) is 3.80. The Bertz CT molecular complexity index is 1020. The molecule has 0 aromatic heterocycles. The highest BCUT2D eigenvalue weighted by atomic mass is 32.2. The molecule has 2 aromatic carbocycles. The van der Waals surface area contributed by atoms with E-state index in [1.807, 2.05) is 4.90 Å². The number of carbonyl (C=O) groups is 2. The molecule has 0 atom stereocenters. The van der Waals surface area contributed by atoms with Gasteiger partial charge in [0.1, 0.15) is 0 Å². The van der Waals surface area contributed by atoms with E-state index in [4.69, 9.17) is 4.74 Å². The smallest absolute Gasteiger partial charge is 0.261 e. The van der Waals surface area contributed by atoms with Gasteiger partial charge in [-0.3, -0.25) is 19.2 Å². The number of carbonyl (C=O) groups excluding carboxylic acids is 2. The number of amides is 2. The summed E-state index contributed by atoms with van der Waals surface area (Å²) in [4.78, 5) is 28.8. The van der Waals surface area contributed by atoms with Gasteiger partial charge in [0.2, 0.25) is 5.91 Å². The molecule has 0 unspecified atom stereocenters. The molecular weight excluding hydrogens is 444 g/mol. The molecule has 1 saturated heterocycles. The van der Waals surface area contributed by atoms with Gasteiger partial charge in [-0.05, 0) is 42.8 Å². The number of nitrogens with zero attached hydrogens (tertiary/aromatic N) is 2. The number of hydrogen-bond acceptors (Lipinski definition) is 6. The third-order valence-electron chi connectivity index (χ3n) is 5.31. The lowest BCUT2D eigenvalue weighted by Gasteiger charge is -2.34. The summed E-state index contributed by atoms with van der Waals surface area (Å²) in [5, 5.41) is 2.87. The first-order valence-corrected chi connectivity index (χ1v) is 12.3. The normalized spacial score (nSPS) is 14.6. The molecule has 0 bridgehead atoms. The summed E-state index contributed by atoms with van der Waals surface area (Å²) in [6, 6.07) is 14.5. The molecule has 0 aliphatic carbocycles. The molecule has 1 heterocycles. The van der Waals surface area contributed by atoms with Crippen molar-refractivity contribution in [3.05, 3.63) is 60.2 Å². The fourth-order valence-corrected chi connectivity index (χ4v) is 4.57. The Morgan fingerprint density at radius 1 is 0.970 bits per heavy atom. The average molecular weight is 475 g/mol. The standard InChI is InChI=1S/C23H30N4O5S/c1-32-17-5-12-24-22(28)18-26-13-15-27(16-14-26)23(29)19-8-10-20(11-9-19)25-33(30,31)21-6-3-2-4-7-21/h2-4,6-11,25H,5,12-18H2,1H3,(H,24,28). The minimum Gasteiger partial charge on any atom is -0.385 e. The molecule has 2 aromatic rings.